The van der Waals surface area contributed by atoms with Crippen LogP contribution in [0.1, 0.15) is 13.8 Å². The number of hydrogen-bond donors (Lipinski definition) is 2. The van der Waals surface area contributed by atoms with Crippen molar-refractivity contribution in [1.82, 2.24) is 14.9 Å². The average Bonchev–Trinajstić information content (AvgIpc) is 2.15. The Hall–Kier alpha value is -1.36. The summed E-state index contributed by atoms with van der Waals surface area (Å²) in [6, 6.07) is 1.81. The topological polar surface area (TPSA) is 67.1 Å². The molecule has 3 N–H and O–H groups in total. The first-order valence-electron chi connectivity index (χ1n) is 4.91. The van der Waals surface area contributed by atoms with Gasteiger partial charge in [-0.3, -0.25) is 0 Å². The molecule has 0 spiro atoms. The van der Waals surface area contributed by atoms with Gasteiger partial charge in [0.05, 0.1) is 0 Å². The Morgan fingerprint density at radius 3 is 2.67 bits per heavy atom. The molecule has 0 unspecified atom stereocenters. The van der Waals surface area contributed by atoms with E-state index in [1.807, 2.05) is 6.07 Å². The quantitative estimate of drug-likeness (QED) is 0.768. The number of likely N-dealkylation sites (N-methyl/N-ethyl adjacent to an activating group) is 1. The van der Waals surface area contributed by atoms with Crippen molar-refractivity contribution in [3.8, 4) is 0 Å². The van der Waals surface area contributed by atoms with Crippen LogP contribution in [0.25, 0.3) is 0 Å². The molecule has 0 saturated carbocycles. The third-order valence-corrected chi connectivity index (χ3v) is 2.59. The Balaban J connectivity index is 2.57. The Morgan fingerprint density at radius 1 is 1.47 bits per heavy atom. The summed E-state index contributed by atoms with van der Waals surface area (Å²) < 4.78 is 0. The molecule has 0 aliphatic heterocycles. The molecule has 1 aromatic rings. The van der Waals surface area contributed by atoms with E-state index in [1.165, 1.54) is 0 Å². The van der Waals surface area contributed by atoms with E-state index >= 15 is 0 Å². The van der Waals surface area contributed by atoms with E-state index in [9.17, 15) is 0 Å². The van der Waals surface area contributed by atoms with Crippen LogP contribution in [0, 0.1) is 0 Å². The molecule has 5 nitrogen and oxygen atoms in total. The summed E-state index contributed by atoms with van der Waals surface area (Å²) in [6.45, 7) is 5.12. The molecule has 0 bridgehead atoms. The second kappa shape index (κ2) is 4.44. The van der Waals surface area contributed by atoms with Gasteiger partial charge in [0, 0.05) is 18.3 Å². The molecule has 15 heavy (non-hydrogen) atoms. The van der Waals surface area contributed by atoms with E-state index in [1.54, 1.807) is 6.20 Å². The molecule has 0 fully saturated rings. The van der Waals surface area contributed by atoms with Crippen LogP contribution in [0.15, 0.2) is 12.3 Å². The van der Waals surface area contributed by atoms with Crippen molar-refractivity contribution in [2.24, 2.45) is 0 Å². The van der Waals surface area contributed by atoms with E-state index < -0.39 is 0 Å². The minimum Gasteiger partial charge on any atom is -0.368 e. The van der Waals surface area contributed by atoms with E-state index in [4.69, 9.17) is 5.73 Å². The number of nitrogens with one attached hydrogen (secondary N) is 1. The van der Waals surface area contributed by atoms with Crippen LogP contribution in [0.4, 0.5) is 11.8 Å². The normalized spacial score (nSPS) is 11.8. The Bertz CT molecular complexity index is 321. The summed E-state index contributed by atoms with van der Waals surface area (Å²) in [7, 11) is 4.10. The minimum absolute atomic E-state index is 0.0692. The molecule has 0 saturated heterocycles. The first-order chi connectivity index (χ1) is 6.92. The van der Waals surface area contributed by atoms with Crippen LogP contribution in [-0.4, -0.2) is 41.0 Å². The fourth-order valence-corrected chi connectivity index (χ4v) is 0.937. The van der Waals surface area contributed by atoms with Gasteiger partial charge in [0.2, 0.25) is 5.95 Å². The second-order valence-electron chi connectivity index (χ2n) is 4.36. The van der Waals surface area contributed by atoms with Crippen molar-refractivity contribution >= 4 is 11.8 Å². The number of nitrogens with two attached hydrogens (primary N) is 1. The number of aromatic nitrogens is 2. The smallest absolute Gasteiger partial charge is 0.221 e. The third kappa shape index (κ3) is 3.36. The zero-order valence-electron chi connectivity index (χ0n) is 9.78. The highest BCUT2D eigenvalue weighted by Gasteiger charge is 2.19. The lowest BCUT2D eigenvalue weighted by molar-refractivity contribution is 0.210. The molecule has 5 heteroatoms. The molecule has 0 aromatic carbocycles. The number of hydrogen-bond acceptors (Lipinski definition) is 5. The van der Waals surface area contributed by atoms with Gasteiger partial charge in [0.15, 0.2) is 0 Å². The largest absolute Gasteiger partial charge is 0.368 e. The number of nitrogen functional groups attached to an aromatic ring is 1. The monoisotopic (exact) mass is 209 g/mol. The van der Waals surface area contributed by atoms with Crippen LogP contribution in [0.5, 0.6) is 0 Å². The van der Waals surface area contributed by atoms with Crippen LogP contribution in [0.3, 0.4) is 0 Å². The average molecular weight is 209 g/mol. The number of nitrogens with zero attached hydrogens (tertiary/aromatic N) is 3. The maximum absolute atomic E-state index is 5.49. The highest BCUT2D eigenvalue weighted by atomic mass is 15.2. The van der Waals surface area contributed by atoms with Gasteiger partial charge in [-0.1, -0.05) is 0 Å². The second-order valence-corrected chi connectivity index (χ2v) is 4.36. The number of anilines is 2. The summed E-state index contributed by atoms with van der Waals surface area (Å²) in [5, 5.41) is 3.23. The number of rotatable bonds is 4. The zero-order valence-corrected chi connectivity index (χ0v) is 9.78. The Labute approximate surface area is 90.7 Å². The van der Waals surface area contributed by atoms with Gasteiger partial charge < -0.3 is 16.0 Å². The summed E-state index contributed by atoms with van der Waals surface area (Å²) in [5.41, 5.74) is 5.55. The molecule has 0 radical (unpaired) electrons. The molecule has 0 aliphatic rings. The predicted molar refractivity (Wildman–Crippen MR) is 62.7 cm³/mol. The zero-order chi connectivity index (χ0) is 11.5. The van der Waals surface area contributed by atoms with E-state index in [2.05, 4.69) is 48.1 Å². The first-order valence-corrected chi connectivity index (χ1v) is 4.91. The predicted octanol–water partition coefficient (Wildman–Crippen LogP) is 0.811. The fourth-order valence-electron chi connectivity index (χ4n) is 0.937. The van der Waals surface area contributed by atoms with Gasteiger partial charge in [-0.25, -0.2) is 4.98 Å². The Kier molecular flexibility index (Phi) is 3.47. The molecule has 84 valence electrons. The van der Waals surface area contributed by atoms with Crippen molar-refractivity contribution in [2.75, 3.05) is 31.7 Å². The maximum atomic E-state index is 5.49. The van der Waals surface area contributed by atoms with Crippen molar-refractivity contribution in [2.45, 2.75) is 19.4 Å². The maximum Gasteiger partial charge on any atom is 0.221 e. The van der Waals surface area contributed by atoms with Crippen molar-refractivity contribution in [3.05, 3.63) is 12.3 Å². The molecule has 1 rings (SSSR count). The van der Waals surface area contributed by atoms with Gasteiger partial charge in [-0.2, -0.15) is 4.98 Å². The van der Waals surface area contributed by atoms with Crippen LogP contribution in [0.2, 0.25) is 0 Å². The SMILES string of the molecule is CN(C)C(C)(C)CNc1ccnc(N)n1. The van der Waals surface area contributed by atoms with Crippen molar-refractivity contribution in [1.29, 1.82) is 0 Å². The van der Waals surface area contributed by atoms with Crippen LogP contribution in [-0.2, 0) is 0 Å². The summed E-state index contributed by atoms with van der Waals surface area (Å²) in [5.74, 6) is 1.06. The summed E-state index contributed by atoms with van der Waals surface area (Å²) >= 11 is 0. The van der Waals surface area contributed by atoms with Crippen molar-refractivity contribution in [3.63, 3.8) is 0 Å². The van der Waals surface area contributed by atoms with Gasteiger partial charge >= 0.3 is 0 Å². The lowest BCUT2D eigenvalue weighted by Crippen LogP contribution is -2.44. The summed E-state index contributed by atoms with van der Waals surface area (Å²) in [4.78, 5) is 10.1. The first kappa shape index (κ1) is 11.7. The lowest BCUT2D eigenvalue weighted by Gasteiger charge is -2.32. The molecule has 1 aromatic heterocycles. The minimum atomic E-state index is 0.0692. The van der Waals surface area contributed by atoms with Crippen molar-refractivity contribution < 1.29 is 0 Å². The molecular weight excluding hydrogens is 190 g/mol. The van der Waals surface area contributed by atoms with Gasteiger partial charge in [-0.15, -0.1) is 0 Å². The highest BCUT2D eigenvalue weighted by Crippen LogP contribution is 2.11. The molecule has 0 aliphatic carbocycles. The standard InChI is InChI=1S/C10H19N5/c1-10(2,15(3)4)7-13-8-5-6-12-9(11)14-8/h5-6H,7H2,1-4H3,(H3,11,12,13,14). The van der Waals surface area contributed by atoms with E-state index in [0.29, 0.717) is 5.95 Å². The van der Waals surface area contributed by atoms with E-state index in [0.717, 1.165) is 12.4 Å². The molecular formula is C10H19N5. The van der Waals surface area contributed by atoms with Gasteiger partial charge in [-0.05, 0) is 34.0 Å². The van der Waals surface area contributed by atoms with Gasteiger partial charge in [0.1, 0.15) is 5.82 Å². The van der Waals surface area contributed by atoms with E-state index in [-0.39, 0.29) is 5.54 Å². The van der Waals surface area contributed by atoms with Crippen LogP contribution >= 0.6 is 0 Å². The highest BCUT2D eigenvalue weighted by molar-refractivity contribution is 5.37. The van der Waals surface area contributed by atoms with Crippen LogP contribution < -0.4 is 11.1 Å². The molecule has 0 atom stereocenters. The third-order valence-electron chi connectivity index (χ3n) is 2.59. The molecule has 1 heterocycles. The molecule has 0 amide bonds. The van der Waals surface area contributed by atoms with Gasteiger partial charge in [0.25, 0.3) is 0 Å². The summed E-state index contributed by atoms with van der Waals surface area (Å²) in [6.07, 6.45) is 1.65. The fraction of sp³-hybridized carbons (Fsp3) is 0.600. The lowest BCUT2D eigenvalue weighted by atomic mass is 10.0. The Morgan fingerprint density at radius 2 is 2.13 bits per heavy atom.